The molecule has 2 atom stereocenters. The number of hydrogen-bond acceptors (Lipinski definition) is 3. The van der Waals surface area contributed by atoms with Gasteiger partial charge < -0.3 is 11.1 Å². The fraction of sp³-hybridized carbons (Fsp3) is 0.833. The fourth-order valence-corrected chi connectivity index (χ4v) is 1.69. The highest BCUT2D eigenvalue weighted by atomic mass is 32.1. The number of rotatable bonds is 8. The molecule has 0 saturated carbocycles. The molecule has 5 heteroatoms. The maximum absolute atomic E-state index is 12.0. The quantitative estimate of drug-likeness (QED) is 0.645. The minimum Gasteiger partial charge on any atom is -0.392 e. The van der Waals surface area contributed by atoms with E-state index in [0.717, 1.165) is 19.4 Å². The second-order valence-electron chi connectivity index (χ2n) is 4.43. The Labute approximate surface area is 110 Å². The second-order valence-corrected chi connectivity index (χ2v) is 4.96. The maximum Gasteiger partial charge on any atom is 0.237 e. The van der Waals surface area contributed by atoms with E-state index < -0.39 is 0 Å². The number of nitrogens with one attached hydrogen (secondary N) is 1. The van der Waals surface area contributed by atoms with Crippen LogP contribution in [-0.4, -0.2) is 41.0 Å². The number of amides is 1. The van der Waals surface area contributed by atoms with E-state index in [-0.39, 0.29) is 18.0 Å². The van der Waals surface area contributed by atoms with E-state index in [1.54, 1.807) is 0 Å². The lowest BCUT2D eigenvalue weighted by Gasteiger charge is -2.28. The first-order chi connectivity index (χ1) is 7.92. The Hall–Kier alpha value is -0.680. The Morgan fingerprint density at radius 3 is 2.41 bits per heavy atom. The largest absolute Gasteiger partial charge is 0.392 e. The molecule has 0 rings (SSSR count). The summed E-state index contributed by atoms with van der Waals surface area (Å²) in [5, 5.41) is 2.98. The molecule has 0 aromatic carbocycles. The molecule has 2 unspecified atom stereocenters. The molecule has 0 bridgehead atoms. The van der Waals surface area contributed by atoms with Gasteiger partial charge in [-0.15, -0.1) is 0 Å². The van der Waals surface area contributed by atoms with Crippen LogP contribution < -0.4 is 11.1 Å². The van der Waals surface area contributed by atoms with Gasteiger partial charge in [0.2, 0.25) is 5.91 Å². The third-order valence-electron chi connectivity index (χ3n) is 2.80. The molecule has 0 spiro atoms. The zero-order valence-electron chi connectivity index (χ0n) is 11.3. The lowest BCUT2D eigenvalue weighted by atomic mass is 10.2. The summed E-state index contributed by atoms with van der Waals surface area (Å²) in [5.41, 5.74) is 5.55. The number of carbonyl (C=O) groups is 1. The van der Waals surface area contributed by atoms with Crippen molar-refractivity contribution >= 4 is 23.1 Å². The van der Waals surface area contributed by atoms with Crippen LogP contribution in [-0.2, 0) is 4.79 Å². The zero-order chi connectivity index (χ0) is 13.4. The van der Waals surface area contributed by atoms with Gasteiger partial charge in [-0.2, -0.15) is 0 Å². The fourth-order valence-electron chi connectivity index (χ4n) is 1.53. The minimum absolute atomic E-state index is 0.0454. The molecule has 17 heavy (non-hydrogen) atoms. The van der Waals surface area contributed by atoms with Crippen molar-refractivity contribution in [3.63, 3.8) is 0 Å². The number of nitrogens with zero attached hydrogens (tertiary/aromatic N) is 1. The van der Waals surface area contributed by atoms with Crippen molar-refractivity contribution in [2.45, 2.75) is 52.6 Å². The van der Waals surface area contributed by atoms with E-state index >= 15 is 0 Å². The van der Waals surface area contributed by atoms with Gasteiger partial charge in [0.1, 0.15) is 0 Å². The van der Waals surface area contributed by atoms with Gasteiger partial charge in [-0.25, -0.2) is 0 Å². The van der Waals surface area contributed by atoms with E-state index in [9.17, 15) is 4.79 Å². The Kier molecular flexibility index (Phi) is 8.08. The molecule has 0 aliphatic rings. The summed E-state index contributed by atoms with van der Waals surface area (Å²) in [7, 11) is 0. The zero-order valence-corrected chi connectivity index (χ0v) is 12.1. The normalized spacial score (nSPS) is 14.4. The molecule has 100 valence electrons. The average molecular weight is 259 g/mol. The highest BCUT2D eigenvalue weighted by Gasteiger charge is 2.21. The molecule has 0 fully saturated rings. The van der Waals surface area contributed by atoms with E-state index in [0.29, 0.717) is 11.5 Å². The van der Waals surface area contributed by atoms with Crippen molar-refractivity contribution in [3.05, 3.63) is 0 Å². The predicted octanol–water partition coefficient (Wildman–Crippen LogP) is 1.29. The molecule has 0 aromatic heterocycles. The van der Waals surface area contributed by atoms with Crippen LogP contribution in [0.3, 0.4) is 0 Å². The highest BCUT2D eigenvalue weighted by Crippen LogP contribution is 2.02. The van der Waals surface area contributed by atoms with E-state index in [4.69, 9.17) is 18.0 Å². The molecule has 0 aliphatic carbocycles. The summed E-state index contributed by atoms with van der Waals surface area (Å²) in [6.07, 6.45) is 1.91. The lowest BCUT2D eigenvalue weighted by molar-refractivity contribution is -0.126. The summed E-state index contributed by atoms with van der Waals surface area (Å²) in [6.45, 7) is 9.35. The molecular formula is C12H25N3OS. The van der Waals surface area contributed by atoms with Crippen LogP contribution in [0.1, 0.15) is 40.5 Å². The van der Waals surface area contributed by atoms with Crippen LogP contribution in [0, 0.1) is 0 Å². The Balaban J connectivity index is 4.42. The van der Waals surface area contributed by atoms with Crippen molar-refractivity contribution < 1.29 is 4.79 Å². The van der Waals surface area contributed by atoms with Crippen LogP contribution in [0.15, 0.2) is 0 Å². The molecule has 0 aliphatic heterocycles. The Morgan fingerprint density at radius 1 is 1.41 bits per heavy atom. The molecule has 0 heterocycles. The van der Waals surface area contributed by atoms with Crippen LogP contribution >= 0.6 is 12.2 Å². The third kappa shape index (κ3) is 6.58. The van der Waals surface area contributed by atoms with E-state index in [1.165, 1.54) is 0 Å². The Bertz CT molecular complexity index is 258. The molecule has 1 amide bonds. The topological polar surface area (TPSA) is 58.4 Å². The second kappa shape index (κ2) is 8.42. The van der Waals surface area contributed by atoms with Crippen LogP contribution in [0.4, 0.5) is 0 Å². The standard InChI is InChI=1S/C12H25N3OS/c1-5-7-15(8-11(13)17)10(4)12(16)14-9(3)6-2/h9-10H,5-8H2,1-4H3,(H2,13,17)(H,14,16). The van der Waals surface area contributed by atoms with Crippen LogP contribution in [0.5, 0.6) is 0 Å². The molecule has 0 radical (unpaired) electrons. The van der Waals surface area contributed by atoms with E-state index in [2.05, 4.69) is 19.2 Å². The molecule has 3 N–H and O–H groups in total. The van der Waals surface area contributed by atoms with Crippen molar-refractivity contribution in [2.75, 3.05) is 13.1 Å². The third-order valence-corrected chi connectivity index (χ3v) is 2.93. The number of hydrogen-bond donors (Lipinski definition) is 2. The Morgan fingerprint density at radius 2 is 2.00 bits per heavy atom. The number of carbonyl (C=O) groups excluding carboxylic acids is 1. The predicted molar refractivity (Wildman–Crippen MR) is 76.0 cm³/mol. The summed E-state index contributed by atoms with van der Waals surface area (Å²) in [4.78, 5) is 14.4. The van der Waals surface area contributed by atoms with Gasteiger partial charge in [-0.05, 0) is 33.2 Å². The van der Waals surface area contributed by atoms with Gasteiger partial charge in [0, 0.05) is 12.6 Å². The van der Waals surface area contributed by atoms with Crippen molar-refractivity contribution in [1.82, 2.24) is 10.2 Å². The SMILES string of the molecule is CCCN(CC(N)=S)C(C)C(=O)NC(C)CC. The van der Waals surface area contributed by atoms with Crippen LogP contribution in [0.2, 0.25) is 0 Å². The van der Waals surface area contributed by atoms with Crippen LogP contribution in [0.25, 0.3) is 0 Å². The maximum atomic E-state index is 12.0. The highest BCUT2D eigenvalue weighted by molar-refractivity contribution is 7.80. The van der Waals surface area contributed by atoms with Crippen molar-refractivity contribution in [3.8, 4) is 0 Å². The molecule has 0 aromatic rings. The lowest BCUT2D eigenvalue weighted by Crippen LogP contribution is -2.49. The average Bonchev–Trinajstić information content (AvgIpc) is 2.26. The minimum atomic E-state index is -0.189. The van der Waals surface area contributed by atoms with Gasteiger partial charge in [0.25, 0.3) is 0 Å². The summed E-state index contributed by atoms with van der Waals surface area (Å²) >= 11 is 4.91. The van der Waals surface area contributed by atoms with E-state index in [1.807, 2.05) is 18.7 Å². The van der Waals surface area contributed by atoms with Gasteiger partial charge in [0.05, 0.1) is 11.0 Å². The number of thiocarbonyl (C=S) groups is 1. The summed E-state index contributed by atoms with van der Waals surface area (Å²) < 4.78 is 0. The molecular weight excluding hydrogens is 234 g/mol. The van der Waals surface area contributed by atoms with Gasteiger partial charge in [0.15, 0.2) is 0 Å². The number of nitrogens with two attached hydrogens (primary N) is 1. The summed E-state index contributed by atoms with van der Waals surface area (Å²) in [5.74, 6) is 0.0454. The monoisotopic (exact) mass is 259 g/mol. The van der Waals surface area contributed by atoms with Crippen molar-refractivity contribution in [1.29, 1.82) is 0 Å². The molecule has 0 saturated heterocycles. The first-order valence-electron chi connectivity index (χ1n) is 6.25. The molecule has 4 nitrogen and oxygen atoms in total. The van der Waals surface area contributed by atoms with Gasteiger partial charge in [-0.3, -0.25) is 9.69 Å². The van der Waals surface area contributed by atoms with Gasteiger partial charge >= 0.3 is 0 Å². The van der Waals surface area contributed by atoms with Crippen molar-refractivity contribution in [2.24, 2.45) is 5.73 Å². The van der Waals surface area contributed by atoms with Gasteiger partial charge in [-0.1, -0.05) is 26.1 Å². The summed E-state index contributed by atoms with van der Waals surface area (Å²) in [6, 6.07) is 0.0173. The smallest absolute Gasteiger partial charge is 0.237 e. The first kappa shape index (κ1) is 16.3. The first-order valence-corrected chi connectivity index (χ1v) is 6.65.